The number of ether oxygens (including phenoxy) is 1. The quantitative estimate of drug-likeness (QED) is 0.442. The molecular formula is C18H28N6O5. The Morgan fingerprint density at radius 3 is 2.59 bits per heavy atom. The molecule has 5 N–H and O–H groups in total. The molecule has 29 heavy (non-hydrogen) atoms. The van der Waals surface area contributed by atoms with Crippen molar-refractivity contribution in [3.8, 4) is 0 Å². The van der Waals surface area contributed by atoms with Gasteiger partial charge in [-0.3, -0.25) is 14.2 Å². The summed E-state index contributed by atoms with van der Waals surface area (Å²) in [7, 11) is 0. The maximum atomic E-state index is 12.2. The van der Waals surface area contributed by atoms with E-state index in [1.807, 2.05) is 0 Å². The number of carbonyl (C=O) groups is 2. The van der Waals surface area contributed by atoms with Crippen molar-refractivity contribution in [1.82, 2.24) is 20.2 Å². The van der Waals surface area contributed by atoms with E-state index in [1.165, 1.54) is 6.33 Å². The first-order chi connectivity index (χ1) is 13.7. The average molecular weight is 408 g/mol. The molecule has 0 aromatic carbocycles. The van der Waals surface area contributed by atoms with Crippen molar-refractivity contribution in [2.24, 2.45) is 16.8 Å². The van der Waals surface area contributed by atoms with E-state index in [0.29, 0.717) is 11.5 Å². The summed E-state index contributed by atoms with van der Waals surface area (Å²) in [6, 6.07) is 0. The third-order valence-electron chi connectivity index (χ3n) is 4.81. The predicted molar refractivity (Wildman–Crippen MR) is 104 cm³/mol. The summed E-state index contributed by atoms with van der Waals surface area (Å²) >= 11 is 0. The molecule has 0 saturated carbocycles. The molecule has 1 aromatic rings. The SMILES string of the molecule is CC(C)C(=O)NC1=NC(NC(=O)C(C)C)Nc2c1ncn2[C@H]1CC(O)C(CO)O1. The molecule has 1 aromatic heterocycles. The standard InChI is InChI=1S/C18H28N6O5/c1-8(2)16(27)20-14-13-15(22-18(21-14)23-17(28)9(3)4)24(7-19-13)12-5-10(26)11(6-25)29-12/h7-12,18,22,25-26H,5-6H2,1-4H3,(H,23,28)(H,20,21,27)/t10?,11?,12-,18?/m1/s1. The zero-order valence-electron chi connectivity index (χ0n) is 16.9. The summed E-state index contributed by atoms with van der Waals surface area (Å²) in [6.45, 7) is 6.75. The normalized spacial score (nSPS) is 26.1. The molecule has 11 heteroatoms. The summed E-state index contributed by atoms with van der Waals surface area (Å²) in [4.78, 5) is 33.1. The number of amides is 2. The van der Waals surface area contributed by atoms with Gasteiger partial charge in [0.25, 0.3) is 0 Å². The van der Waals surface area contributed by atoms with E-state index in [1.54, 1.807) is 32.3 Å². The van der Waals surface area contributed by atoms with Crippen LogP contribution in [0.2, 0.25) is 0 Å². The Bertz CT molecular complexity index is 805. The average Bonchev–Trinajstić information content (AvgIpc) is 3.24. The highest BCUT2D eigenvalue weighted by molar-refractivity contribution is 6.10. The number of fused-ring (bicyclic) bond motifs is 1. The molecule has 0 bridgehead atoms. The number of aliphatic imine (C=N–C) groups is 1. The largest absolute Gasteiger partial charge is 0.394 e. The van der Waals surface area contributed by atoms with Gasteiger partial charge in [0, 0.05) is 18.3 Å². The van der Waals surface area contributed by atoms with Gasteiger partial charge in [0.2, 0.25) is 11.8 Å². The number of hydrogen-bond acceptors (Lipinski definition) is 8. The lowest BCUT2D eigenvalue weighted by Crippen LogP contribution is -2.47. The second kappa shape index (κ2) is 8.47. The van der Waals surface area contributed by atoms with Gasteiger partial charge in [-0.15, -0.1) is 0 Å². The first kappa shape index (κ1) is 21.2. The minimum atomic E-state index is -0.810. The van der Waals surface area contributed by atoms with Crippen LogP contribution in [-0.4, -0.2) is 62.5 Å². The van der Waals surface area contributed by atoms with Gasteiger partial charge in [0.05, 0.1) is 19.0 Å². The van der Waals surface area contributed by atoms with Gasteiger partial charge in [0.15, 0.2) is 12.1 Å². The van der Waals surface area contributed by atoms with E-state index in [9.17, 15) is 19.8 Å². The van der Waals surface area contributed by atoms with Crippen LogP contribution in [0.3, 0.4) is 0 Å². The Hall–Kier alpha value is -2.50. The molecular weight excluding hydrogens is 380 g/mol. The fraction of sp³-hybridized carbons (Fsp3) is 0.667. The number of amidine groups is 1. The number of imidazole rings is 1. The molecule has 2 aliphatic heterocycles. The van der Waals surface area contributed by atoms with Crippen molar-refractivity contribution in [2.75, 3.05) is 11.9 Å². The number of nitrogens with one attached hydrogen (secondary N) is 3. The van der Waals surface area contributed by atoms with Crippen molar-refractivity contribution in [1.29, 1.82) is 0 Å². The summed E-state index contributed by atoms with van der Waals surface area (Å²) in [5.74, 6) is -0.214. The van der Waals surface area contributed by atoms with Crippen molar-refractivity contribution >= 4 is 23.5 Å². The van der Waals surface area contributed by atoms with Crippen LogP contribution in [0, 0.1) is 11.8 Å². The Morgan fingerprint density at radius 1 is 1.31 bits per heavy atom. The molecule has 2 aliphatic rings. The number of carbonyl (C=O) groups excluding carboxylic acids is 2. The Balaban J connectivity index is 1.91. The second-order valence-corrected chi connectivity index (χ2v) is 7.80. The van der Waals surface area contributed by atoms with E-state index >= 15 is 0 Å². The summed E-state index contributed by atoms with van der Waals surface area (Å²) in [5.41, 5.74) is 0.402. The Kier molecular flexibility index (Phi) is 6.20. The van der Waals surface area contributed by atoms with Gasteiger partial charge in [-0.2, -0.15) is 0 Å². The van der Waals surface area contributed by atoms with E-state index in [0.717, 1.165) is 0 Å². The van der Waals surface area contributed by atoms with Crippen LogP contribution < -0.4 is 16.0 Å². The summed E-state index contributed by atoms with van der Waals surface area (Å²) in [5, 5.41) is 28.0. The number of aliphatic hydroxyl groups excluding tert-OH is 2. The maximum absolute atomic E-state index is 12.2. The van der Waals surface area contributed by atoms with Gasteiger partial charge in [-0.1, -0.05) is 27.7 Å². The summed E-state index contributed by atoms with van der Waals surface area (Å²) < 4.78 is 7.38. The van der Waals surface area contributed by atoms with Crippen molar-refractivity contribution in [2.45, 2.75) is 58.8 Å². The highest BCUT2D eigenvalue weighted by atomic mass is 16.5. The lowest BCUT2D eigenvalue weighted by atomic mass is 10.2. The van der Waals surface area contributed by atoms with E-state index in [4.69, 9.17) is 4.74 Å². The van der Waals surface area contributed by atoms with Crippen LogP contribution in [0.4, 0.5) is 5.82 Å². The zero-order chi connectivity index (χ0) is 21.3. The van der Waals surface area contributed by atoms with Crippen LogP contribution >= 0.6 is 0 Å². The fourth-order valence-electron chi connectivity index (χ4n) is 3.02. The molecule has 4 atom stereocenters. The topological polar surface area (TPSA) is 150 Å². The molecule has 0 spiro atoms. The van der Waals surface area contributed by atoms with Crippen molar-refractivity contribution in [3.05, 3.63) is 12.0 Å². The highest BCUT2D eigenvalue weighted by Gasteiger charge is 2.37. The minimum Gasteiger partial charge on any atom is -0.394 e. The third kappa shape index (κ3) is 4.41. The first-order valence-electron chi connectivity index (χ1n) is 9.68. The monoisotopic (exact) mass is 408 g/mol. The minimum absolute atomic E-state index is 0.205. The Labute approximate surface area is 168 Å². The van der Waals surface area contributed by atoms with E-state index < -0.39 is 24.7 Å². The zero-order valence-corrected chi connectivity index (χ0v) is 16.9. The number of aromatic nitrogens is 2. The first-order valence-corrected chi connectivity index (χ1v) is 9.68. The van der Waals surface area contributed by atoms with Crippen molar-refractivity contribution in [3.63, 3.8) is 0 Å². The molecule has 160 valence electrons. The molecule has 3 unspecified atom stereocenters. The smallest absolute Gasteiger partial charge is 0.228 e. The highest BCUT2D eigenvalue weighted by Crippen LogP contribution is 2.33. The van der Waals surface area contributed by atoms with Crippen molar-refractivity contribution < 1.29 is 24.5 Å². The van der Waals surface area contributed by atoms with Crippen LogP contribution in [-0.2, 0) is 14.3 Å². The molecule has 11 nitrogen and oxygen atoms in total. The van der Waals surface area contributed by atoms with Gasteiger partial charge >= 0.3 is 0 Å². The molecule has 2 amide bonds. The molecule has 1 saturated heterocycles. The molecule has 0 aliphatic carbocycles. The van der Waals surface area contributed by atoms with E-state index in [-0.39, 0.29) is 42.5 Å². The maximum Gasteiger partial charge on any atom is 0.228 e. The Morgan fingerprint density at radius 2 is 2.00 bits per heavy atom. The van der Waals surface area contributed by atoms with Crippen LogP contribution in [0.1, 0.15) is 46.0 Å². The van der Waals surface area contributed by atoms with Crippen LogP contribution in [0.5, 0.6) is 0 Å². The van der Waals surface area contributed by atoms with Crippen LogP contribution in [0.15, 0.2) is 11.3 Å². The van der Waals surface area contributed by atoms with Gasteiger partial charge in [0.1, 0.15) is 23.8 Å². The third-order valence-corrected chi connectivity index (χ3v) is 4.81. The predicted octanol–water partition coefficient (Wildman–Crippen LogP) is -0.476. The number of aliphatic hydroxyl groups is 2. The fourth-order valence-corrected chi connectivity index (χ4v) is 3.02. The lowest BCUT2D eigenvalue weighted by molar-refractivity contribution is -0.124. The molecule has 1 fully saturated rings. The second-order valence-electron chi connectivity index (χ2n) is 7.80. The van der Waals surface area contributed by atoms with Gasteiger partial charge in [-0.05, 0) is 0 Å². The number of rotatable bonds is 5. The number of nitrogens with zero attached hydrogens (tertiary/aromatic N) is 3. The number of anilines is 1. The van der Waals surface area contributed by atoms with E-state index in [2.05, 4.69) is 25.9 Å². The number of hydrogen-bond donors (Lipinski definition) is 5. The summed E-state index contributed by atoms with van der Waals surface area (Å²) in [6.07, 6.45) is -1.09. The molecule has 0 radical (unpaired) electrons. The van der Waals surface area contributed by atoms with Crippen LogP contribution in [0.25, 0.3) is 0 Å². The molecule has 3 heterocycles. The molecule has 3 rings (SSSR count). The van der Waals surface area contributed by atoms with Gasteiger partial charge in [-0.25, -0.2) is 9.98 Å². The van der Waals surface area contributed by atoms with Gasteiger partial charge < -0.3 is 30.9 Å². The lowest BCUT2D eigenvalue weighted by Gasteiger charge is -2.27.